The second-order valence-electron chi connectivity index (χ2n) is 4.81. The molecule has 6 nitrogen and oxygen atoms in total. The van der Waals surface area contributed by atoms with E-state index in [4.69, 9.17) is 9.47 Å². The third-order valence-electron chi connectivity index (χ3n) is 3.47. The van der Waals surface area contributed by atoms with Crippen LogP contribution in [0.15, 0.2) is 40.8 Å². The molecule has 0 spiro atoms. The fraction of sp³-hybridized carbons (Fsp3) is 0.188. The number of hydrogen-bond acceptors (Lipinski definition) is 6. The van der Waals surface area contributed by atoms with Crippen LogP contribution in [0.2, 0.25) is 0 Å². The molecule has 0 aliphatic carbocycles. The number of rotatable bonds is 5. The lowest BCUT2D eigenvalue weighted by molar-refractivity contribution is 0.0970. The van der Waals surface area contributed by atoms with Gasteiger partial charge < -0.3 is 9.47 Å². The van der Waals surface area contributed by atoms with Crippen LogP contribution in [0.25, 0.3) is 10.2 Å². The molecule has 0 fully saturated rings. The van der Waals surface area contributed by atoms with Gasteiger partial charge in [-0.3, -0.25) is 14.2 Å². The van der Waals surface area contributed by atoms with Gasteiger partial charge in [-0.15, -0.1) is 11.3 Å². The van der Waals surface area contributed by atoms with Gasteiger partial charge in [0.25, 0.3) is 5.56 Å². The quantitative estimate of drug-likeness (QED) is 0.672. The van der Waals surface area contributed by atoms with Gasteiger partial charge in [-0.25, -0.2) is 4.98 Å². The molecule has 2 aromatic heterocycles. The van der Waals surface area contributed by atoms with E-state index in [0.29, 0.717) is 27.3 Å². The van der Waals surface area contributed by atoms with Crippen molar-refractivity contribution in [2.24, 2.45) is 0 Å². The SMILES string of the molecule is COc1ccc(C(=O)Cn2cnc3sccc3c2=O)cc1OC. The molecule has 23 heavy (non-hydrogen) atoms. The van der Waals surface area contributed by atoms with E-state index < -0.39 is 0 Å². The summed E-state index contributed by atoms with van der Waals surface area (Å²) in [6.45, 7) is -0.0763. The van der Waals surface area contributed by atoms with Crippen molar-refractivity contribution in [2.45, 2.75) is 6.54 Å². The van der Waals surface area contributed by atoms with Crippen LogP contribution in [0.3, 0.4) is 0 Å². The molecular weight excluding hydrogens is 316 g/mol. The van der Waals surface area contributed by atoms with E-state index in [1.54, 1.807) is 29.6 Å². The Kier molecular flexibility index (Phi) is 4.12. The maximum Gasteiger partial charge on any atom is 0.262 e. The number of aromatic nitrogens is 2. The maximum atomic E-state index is 12.4. The third kappa shape index (κ3) is 2.83. The average molecular weight is 330 g/mol. The molecule has 0 saturated heterocycles. The summed E-state index contributed by atoms with van der Waals surface area (Å²) >= 11 is 1.39. The van der Waals surface area contributed by atoms with Gasteiger partial charge >= 0.3 is 0 Å². The van der Waals surface area contributed by atoms with Crippen LogP contribution in [0.1, 0.15) is 10.4 Å². The first-order chi connectivity index (χ1) is 11.1. The number of ketones is 1. The molecule has 0 unspecified atom stereocenters. The molecule has 0 atom stereocenters. The van der Waals surface area contributed by atoms with E-state index >= 15 is 0 Å². The zero-order chi connectivity index (χ0) is 16.4. The van der Waals surface area contributed by atoms with Crippen LogP contribution in [0, 0.1) is 0 Å². The minimum absolute atomic E-state index is 0.0763. The number of benzene rings is 1. The molecule has 0 N–H and O–H groups in total. The molecule has 1 aromatic carbocycles. The second-order valence-corrected chi connectivity index (χ2v) is 5.70. The predicted molar refractivity (Wildman–Crippen MR) is 87.8 cm³/mol. The normalized spacial score (nSPS) is 10.7. The lowest BCUT2D eigenvalue weighted by Gasteiger charge is -2.09. The number of thiophene rings is 1. The summed E-state index contributed by atoms with van der Waals surface area (Å²) in [7, 11) is 3.03. The summed E-state index contributed by atoms with van der Waals surface area (Å²) in [5.74, 6) is 0.809. The molecular formula is C16H14N2O4S. The second kappa shape index (κ2) is 6.21. The van der Waals surface area contributed by atoms with Crippen LogP contribution < -0.4 is 15.0 Å². The van der Waals surface area contributed by atoms with Crippen LogP contribution >= 0.6 is 11.3 Å². The highest BCUT2D eigenvalue weighted by atomic mass is 32.1. The molecule has 0 amide bonds. The van der Waals surface area contributed by atoms with Gasteiger partial charge in [0.1, 0.15) is 4.83 Å². The van der Waals surface area contributed by atoms with Gasteiger partial charge in [-0.1, -0.05) is 0 Å². The number of hydrogen-bond donors (Lipinski definition) is 0. The van der Waals surface area contributed by atoms with Gasteiger partial charge in [0.2, 0.25) is 0 Å². The molecule has 2 heterocycles. The monoisotopic (exact) mass is 330 g/mol. The van der Waals surface area contributed by atoms with E-state index in [0.717, 1.165) is 0 Å². The number of carbonyl (C=O) groups excluding carboxylic acids is 1. The molecule has 3 aromatic rings. The number of Topliss-reactive ketones (excluding diaryl/α,β-unsaturated/α-hetero) is 1. The third-order valence-corrected chi connectivity index (χ3v) is 4.29. The molecule has 118 valence electrons. The molecule has 0 radical (unpaired) electrons. The van der Waals surface area contributed by atoms with Gasteiger partial charge in [-0.2, -0.15) is 0 Å². The Morgan fingerprint density at radius 1 is 1.22 bits per heavy atom. The predicted octanol–water partition coefficient (Wildman–Crippen LogP) is 2.36. The Morgan fingerprint density at radius 2 is 2.00 bits per heavy atom. The van der Waals surface area contributed by atoms with Crippen LogP contribution in [0.4, 0.5) is 0 Å². The number of ether oxygens (including phenoxy) is 2. The van der Waals surface area contributed by atoms with Gasteiger partial charge in [0, 0.05) is 5.56 Å². The van der Waals surface area contributed by atoms with Crippen molar-refractivity contribution in [2.75, 3.05) is 14.2 Å². The zero-order valence-corrected chi connectivity index (χ0v) is 13.4. The highest BCUT2D eigenvalue weighted by Gasteiger charge is 2.13. The Bertz CT molecular complexity index is 929. The Balaban J connectivity index is 1.91. The highest BCUT2D eigenvalue weighted by molar-refractivity contribution is 7.16. The number of fused-ring (bicyclic) bond motifs is 1. The van der Waals surface area contributed by atoms with E-state index in [1.807, 2.05) is 0 Å². The molecule has 0 aliphatic rings. The van der Waals surface area contributed by atoms with Crippen molar-refractivity contribution in [1.82, 2.24) is 9.55 Å². The molecule has 3 rings (SSSR count). The Morgan fingerprint density at radius 3 is 2.74 bits per heavy atom. The summed E-state index contributed by atoms with van der Waals surface area (Å²) < 4.78 is 11.7. The van der Waals surface area contributed by atoms with E-state index in [2.05, 4.69) is 4.98 Å². The molecule has 0 bridgehead atoms. The molecule has 0 saturated carbocycles. The lowest BCUT2D eigenvalue weighted by Crippen LogP contribution is -2.24. The van der Waals surface area contributed by atoms with Gasteiger partial charge in [0.15, 0.2) is 17.3 Å². The van der Waals surface area contributed by atoms with Crippen molar-refractivity contribution in [3.05, 3.63) is 51.9 Å². The minimum atomic E-state index is -0.218. The topological polar surface area (TPSA) is 70.4 Å². The van der Waals surface area contributed by atoms with Crippen molar-refractivity contribution < 1.29 is 14.3 Å². The van der Waals surface area contributed by atoms with Crippen LogP contribution in [0.5, 0.6) is 11.5 Å². The summed E-state index contributed by atoms with van der Waals surface area (Å²) in [4.78, 5) is 29.6. The number of methoxy groups -OCH3 is 2. The Hall–Kier alpha value is -2.67. The van der Waals surface area contributed by atoms with Crippen LogP contribution in [-0.2, 0) is 6.54 Å². The van der Waals surface area contributed by atoms with Gasteiger partial charge in [0.05, 0.1) is 32.5 Å². The standard InChI is InChI=1S/C16H14N2O4S/c1-21-13-4-3-10(7-14(13)22-2)12(19)8-18-9-17-15-11(16(18)20)5-6-23-15/h3-7,9H,8H2,1-2H3. The first-order valence-corrected chi connectivity index (χ1v) is 7.70. The van der Waals surface area contributed by atoms with Gasteiger partial charge in [-0.05, 0) is 29.6 Å². The number of carbonyl (C=O) groups is 1. The summed E-state index contributed by atoms with van der Waals surface area (Å²) in [5.41, 5.74) is 0.227. The smallest absolute Gasteiger partial charge is 0.262 e. The van der Waals surface area contributed by atoms with E-state index in [1.165, 1.54) is 36.5 Å². The molecule has 0 aliphatic heterocycles. The van der Waals surface area contributed by atoms with Crippen molar-refractivity contribution in [3.8, 4) is 11.5 Å². The highest BCUT2D eigenvalue weighted by Crippen LogP contribution is 2.27. The summed E-state index contributed by atoms with van der Waals surface area (Å²) in [6, 6.07) is 6.62. The maximum absolute atomic E-state index is 12.4. The lowest BCUT2D eigenvalue weighted by atomic mass is 10.1. The first kappa shape index (κ1) is 15.2. The zero-order valence-electron chi connectivity index (χ0n) is 12.6. The van der Waals surface area contributed by atoms with Crippen molar-refractivity contribution in [1.29, 1.82) is 0 Å². The average Bonchev–Trinajstić information content (AvgIpc) is 3.06. The fourth-order valence-corrected chi connectivity index (χ4v) is 2.98. The van der Waals surface area contributed by atoms with Crippen molar-refractivity contribution >= 4 is 27.3 Å². The van der Waals surface area contributed by atoms with E-state index in [9.17, 15) is 9.59 Å². The minimum Gasteiger partial charge on any atom is -0.493 e. The number of nitrogens with zero attached hydrogens (tertiary/aromatic N) is 2. The summed E-state index contributed by atoms with van der Waals surface area (Å²) in [6.07, 6.45) is 1.40. The largest absolute Gasteiger partial charge is 0.493 e. The van der Waals surface area contributed by atoms with Crippen molar-refractivity contribution in [3.63, 3.8) is 0 Å². The van der Waals surface area contributed by atoms with E-state index in [-0.39, 0.29) is 17.9 Å². The molecule has 7 heteroatoms. The first-order valence-electron chi connectivity index (χ1n) is 6.82. The fourth-order valence-electron chi connectivity index (χ4n) is 2.26. The summed E-state index contributed by atoms with van der Waals surface area (Å²) in [5, 5.41) is 2.33. The van der Waals surface area contributed by atoms with Crippen LogP contribution in [-0.4, -0.2) is 29.6 Å². The Labute approximate surface area is 135 Å².